The Kier molecular flexibility index (Phi) is 6.95. The van der Waals surface area contributed by atoms with Crippen molar-refractivity contribution in [1.82, 2.24) is 25.4 Å². The maximum Gasteiger partial charge on any atom is 0.243 e. The lowest BCUT2D eigenvalue weighted by atomic mass is 9.89. The average molecular weight is 430 g/mol. The highest BCUT2D eigenvalue weighted by Gasteiger charge is 2.43. The first-order chi connectivity index (χ1) is 13.1. The minimum atomic E-state index is -3.52. The summed E-state index contributed by atoms with van der Waals surface area (Å²) in [7, 11) is -3.52. The molecule has 8 nitrogen and oxygen atoms in total. The first kappa shape index (κ1) is 21.5. The maximum atomic E-state index is 13.1. The van der Waals surface area contributed by atoms with Gasteiger partial charge in [0.1, 0.15) is 6.04 Å². The Morgan fingerprint density at radius 1 is 1.04 bits per heavy atom. The summed E-state index contributed by atoms with van der Waals surface area (Å²) in [4.78, 5) is 15.2. The summed E-state index contributed by atoms with van der Waals surface area (Å²) >= 11 is 0. The lowest BCUT2D eigenvalue weighted by Crippen LogP contribution is -2.51. The minimum Gasteiger partial charge on any atom is -0.340 e. The zero-order valence-corrected chi connectivity index (χ0v) is 17.3. The molecule has 3 fully saturated rings. The Labute approximate surface area is 172 Å². The van der Waals surface area contributed by atoms with Crippen molar-refractivity contribution in [3.63, 3.8) is 0 Å². The van der Waals surface area contributed by atoms with Crippen LogP contribution in [0.4, 0.5) is 0 Å². The van der Waals surface area contributed by atoms with E-state index in [4.69, 9.17) is 0 Å². The van der Waals surface area contributed by atoms with E-state index in [9.17, 15) is 13.2 Å². The molecular weight excluding hydrogens is 402 g/mol. The Hall–Kier alpha value is -1.23. The van der Waals surface area contributed by atoms with Crippen LogP contribution in [0.5, 0.6) is 0 Å². The quantitative estimate of drug-likeness (QED) is 0.615. The number of amides is 1. The molecule has 0 spiro atoms. The number of fused-ring (bicyclic) bond motifs is 1. The summed E-state index contributed by atoms with van der Waals surface area (Å²) in [5.41, 5.74) is 6.43. The number of rotatable bonds is 3. The number of hydrogen-bond acceptors (Lipinski definition) is 6. The van der Waals surface area contributed by atoms with Crippen molar-refractivity contribution in [2.45, 2.75) is 29.8 Å². The third-order valence-electron chi connectivity index (χ3n) is 5.79. The molecule has 10 heteroatoms. The van der Waals surface area contributed by atoms with Crippen LogP contribution in [0.15, 0.2) is 35.2 Å². The van der Waals surface area contributed by atoms with Crippen molar-refractivity contribution in [3.8, 4) is 0 Å². The summed E-state index contributed by atoms with van der Waals surface area (Å²) < 4.78 is 27.2. The monoisotopic (exact) mass is 429 g/mol. The van der Waals surface area contributed by atoms with Crippen molar-refractivity contribution in [1.29, 1.82) is 0 Å². The van der Waals surface area contributed by atoms with Crippen LogP contribution in [-0.2, 0) is 14.8 Å². The number of nitrogens with one attached hydrogen (secondary N) is 3. The Morgan fingerprint density at radius 3 is 2.61 bits per heavy atom. The van der Waals surface area contributed by atoms with Crippen LogP contribution in [-0.4, -0.2) is 74.9 Å². The molecule has 3 unspecified atom stereocenters. The van der Waals surface area contributed by atoms with Gasteiger partial charge >= 0.3 is 0 Å². The van der Waals surface area contributed by atoms with Gasteiger partial charge in [-0.1, -0.05) is 18.2 Å². The van der Waals surface area contributed by atoms with E-state index in [2.05, 4.69) is 16.2 Å². The highest BCUT2D eigenvalue weighted by Crippen LogP contribution is 2.23. The van der Waals surface area contributed by atoms with Crippen molar-refractivity contribution in [3.05, 3.63) is 30.3 Å². The first-order valence-corrected chi connectivity index (χ1v) is 11.1. The molecule has 1 aromatic rings. The van der Waals surface area contributed by atoms with Crippen LogP contribution < -0.4 is 16.2 Å². The zero-order valence-electron chi connectivity index (χ0n) is 15.7. The highest BCUT2D eigenvalue weighted by atomic mass is 35.5. The Morgan fingerprint density at radius 2 is 1.82 bits per heavy atom. The smallest absolute Gasteiger partial charge is 0.243 e. The number of nitrogens with zero attached hydrogens (tertiary/aromatic N) is 2. The summed E-state index contributed by atoms with van der Waals surface area (Å²) in [5.74, 6) is 0.302. The summed E-state index contributed by atoms with van der Waals surface area (Å²) in [6.07, 6.45) is 1.65. The Balaban J connectivity index is 0.00000225. The normalized spacial score (nSPS) is 28.9. The first-order valence-electron chi connectivity index (χ1n) is 9.63. The van der Waals surface area contributed by atoms with Gasteiger partial charge in [0.15, 0.2) is 0 Å². The lowest BCUT2D eigenvalue weighted by molar-refractivity contribution is -0.134. The standard InChI is InChI=1S/C18H27N5O3S.ClH/c24-18(17-15-13-19-8-7-16(15)20-21-17)22-9-4-10-23(12-11-22)27(25,26)14-5-2-1-3-6-14;/h1-3,5-6,15-17,19-21H,4,7-13H2;1H. The summed E-state index contributed by atoms with van der Waals surface area (Å²) in [5, 5.41) is 3.36. The van der Waals surface area contributed by atoms with Gasteiger partial charge in [0.25, 0.3) is 0 Å². The van der Waals surface area contributed by atoms with Gasteiger partial charge in [-0.25, -0.2) is 13.8 Å². The fourth-order valence-corrected chi connectivity index (χ4v) is 5.74. The SMILES string of the molecule is Cl.O=C(C1NNC2CCNCC21)N1CCCN(S(=O)(=O)c2ccccc2)CC1. The summed E-state index contributed by atoms with van der Waals surface area (Å²) in [6, 6.07) is 8.57. The van der Waals surface area contributed by atoms with Crippen LogP contribution in [0, 0.1) is 5.92 Å². The average Bonchev–Trinajstić information content (AvgIpc) is 2.96. The lowest BCUT2D eigenvalue weighted by Gasteiger charge is -2.30. The van der Waals surface area contributed by atoms with E-state index in [0.29, 0.717) is 43.5 Å². The number of benzene rings is 1. The van der Waals surface area contributed by atoms with Crippen molar-refractivity contribution < 1.29 is 13.2 Å². The molecule has 0 saturated carbocycles. The van der Waals surface area contributed by atoms with Crippen LogP contribution in [0.25, 0.3) is 0 Å². The number of sulfonamides is 1. The van der Waals surface area contributed by atoms with Gasteiger partial charge in [0.2, 0.25) is 15.9 Å². The van der Waals surface area contributed by atoms with Crippen LogP contribution in [0.2, 0.25) is 0 Å². The van der Waals surface area contributed by atoms with Gasteiger partial charge in [0.05, 0.1) is 4.90 Å². The summed E-state index contributed by atoms with van der Waals surface area (Å²) in [6.45, 7) is 3.56. The van der Waals surface area contributed by atoms with Crippen molar-refractivity contribution in [2.75, 3.05) is 39.3 Å². The van der Waals surface area contributed by atoms with E-state index in [0.717, 1.165) is 19.5 Å². The predicted octanol–water partition coefficient (Wildman–Crippen LogP) is -0.214. The van der Waals surface area contributed by atoms with E-state index in [1.165, 1.54) is 4.31 Å². The fraction of sp³-hybridized carbons (Fsp3) is 0.611. The molecule has 0 aromatic heterocycles. The molecular formula is C18H28ClN5O3S. The van der Waals surface area contributed by atoms with Gasteiger partial charge in [-0.15, -0.1) is 12.4 Å². The van der Waals surface area contributed by atoms with Crippen LogP contribution in [0.1, 0.15) is 12.8 Å². The molecule has 3 aliphatic rings. The van der Waals surface area contributed by atoms with E-state index in [1.807, 2.05) is 4.90 Å². The predicted molar refractivity (Wildman–Crippen MR) is 108 cm³/mol. The molecule has 0 bridgehead atoms. The molecule has 0 aliphatic carbocycles. The molecule has 3 saturated heterocycles. The zero-order chi connectivity index (χ0) is 18.9. The molecule has 1 amide bonds. The van der Waals surface area contributed by atoms with Gasteiger partial charge in [-0.2, -0.15) is 4.31 Å². The second-order valence-corrected chi connectivity index (χ2v) is 9.36. The molecule has 3 atom stereocenters. The second-order valence-electron chi connectivity index (χ2n) is 7.43. The van der Waals surface area contributed by atoms with Crippen molar-refractivity contribution >= 4 is 28.3 Å². The molecule has 3 heterocycles. The van der Waals surface area contributed by atoms with Crippen molar-refractivity contribution in [2.24, 2.45) is 5.92 Å². The van der Waals surface area contributed by atoms with Gasteiger partial charge in [-0.05, 0) is 31.5 Å². The maximum absolute atomic E-state index is 13.1. The molecule has 0 radical (unpaired) electrons. The van der Waals surface area contributed by atoms with Gasteiger partial charge < -0.3 is 10.2 Å². The van der Waals surface area contributed by atoms with Gasteiger partial charge in [0, 0.05) is 44.7 Å². The second kappa shape index (κ2) is 9.06. The number of hydrazine groups is 1. The van der Waals surface area contributed by atoms with E-state index < -0.39 is 10.0 Å². The molecule has 28 heavy (non-hydrogen) atoms. The topological polar surface area (TPSA) is 93.8 Å². The number of carbonyl (C=O) groups is 1. The number of halogens is 1. The highest BCUT2D eigenvalue weighted by molar-refractivity contribution is 7.89. The molecule has 1 aromatic carbocycles. The van der Waals surface area contributed by atoms with E-state index >= 15 is 0 Å². The number of piperidine rings is 1. The minimum absolute atomic E-state index is 0. The van der Waals surface area contributed by atoms with Gasteiger partial charge in [-0.3, -0.25) is 10.2 Å². The number of hydrogen-bond donors (Lipinski definition) is 3. The third-order valence-corrected chi connectivity index (χ3v) is 7.71. The molecule has 156 valence electrons. The molecule has 4 rings (SSSR count). The largest absolute Gasteiger partial charge is 0.340 e. The third kappa shape index (κ3) is 4.19. The molecule has 3 aliphatic heterocycles. The Bertz CT molecular complexity index is 779. The number of carbonyl (C=O) groups excluding carboxylic acids is 1. The van der Waals surface area contributed by atoms with Crippen LogP contribution in [0.3, 0.4) is 0 Å². The van der Waals surface area contributed by atoms with E-state index in [1.54, 1.807) is 30.3 Å². The van der Waals surface area contributed by atoms with Crippen LogP contribution >= 0.6 is 12.4 Å². The molecule has 3 N–H and O–H groups in total. The fourth-order valence-electron chi connectivity index (χ4n) is 4.25. The van der Waals surface area contributed by atoms with E-state index in [-0.39, 0.29) is 30.3 Å².